The molecule has 0 radical (unpaired) electrons. The fraction of sp³-hybridized carbons (Fsp3) is 0.545. The number of fused-ring (bicyclic) bond motifs is 1. The van der Waals surface area contributed by atoms with Crippen LogP contribution >= 0.6 is 0 Å². The van der Waals surface area contributed by atoms with Gasteiger partial charge >= 0.3 is 0 Å². The maximum absolute atomic E-state index is 12.9. The van der Waals surface area contributed by atoms with E-state index in [-0.39, 0.29) is 42.1 Å². The third kappa shape index (κ3) is 7.03. The number of aliphatic hydroxyl groups is 1. The quantitative estimate of drug-likeness (QED) is 0.296. The highest BCUT2D eigenvalue weighted by atomic mass is 28.4. The Morgan fingerprint density at radius 2 is 1.88 bits per heavy atom. The van der Waals surface area contributed by atoms with Crippen molar-refractivity contribution < 1.29 is 24.2 Å². The second kappa shape index (κ2) is 13.7. The summed E-state index contributed by atoms with van der Waals surface area (Å²) in [6.07, 6.45) is 6.85. The van der Waals surface area contributed by atoms with E-state index in [2.05, 4.69) is 23.3 Å². The number of ether oxygens (including phenoxy) is 2. The van der Waals surface area contributed by atoms with Gasteiger partial charge in [0.2, 0.25) is 5.91 Å². The smallest absolute Gasteiger partial charge is 0.226 e. The van der Waals surface area contributed by atoms with E-state index in [9.17, 15) is 14.7 Å². The van der Waals surface area contributed by atoms with Crippen molar-refractivity contribution in [3.8, 4) is 5.75 Å². The summed E-state index contributed by atoms with van der Waals surface area (Å²) in [6, 6.07) is 15.8. The zero-order valence-electron chi connectivity index (χ0n) is 25.9. The van der Waals surface area contributed by atoms with Gasteiger partial charge in [0.05, 0.1) is 24.3 Å². The standard InChI is InChI=1S/C33H46N4O5Si/c1-23-32(41-2)26-20-25(37-18-11-6-5-10-14-31(37)39)15-16-29(26)42-33(23)30(43(3,4)40)17-19-36-21-28(34-35-36)27(22-38)24-12-8-7-9-13-24/h7-9,12-13,15-16,20-21,23,27,30,32-33,38,40H,5-6,10-11,14,17-19,22H2,1-4H3/t23-,27?,30?,32-,33-/m1/s1. The minimum Gasteiger partial charge on any atom is -0.490 e. The van der Waals surface area contributed by atoms with E-state index in [1.54, 1.807) is 11.8 Å². The Kier molecular flexibility index (Phi) is 10.0. The molecule has 1 fully saturated rings. The monoisotopic (exact) mass is 606 g/mol. The average Bonchev–Trinajstić information content (AvgIpc) is 3.44. The lowest BCUT2D eigenvalue weighted by Gasteiger charge is -2.44. The summed E-state index contributed by atoms with van der Waals surface area (Å²) in [4.78, 5) is 26.4. The molecule has 1 saturated heterocycles. The first-order valence-electron chi connectivity index (χ1n) is 15.6. The van der Waals surface area contributed by atoms with Gasteiger partial charge in [0.1, 0.15) is 11.9 Å². The van der Waals surface area contributed by atoms with Crippen molar-refractivity contribution in [2.24, 2.45) is 5.92 Å². The molecule has 0 saturated carbocycles. The second-order valence-electron chi connectivity index (χ2n) is 12.6. The number of anilines is 1. The van der Waals surface area contributed by atoms with Gasteiger partial charge < -0.3 is 24.3 Å². The molecule has 2 unspecified atom stereocenters. The fourth-order valence-corrected chi connectivity index (χ4v) is 8.80. The molecule has 3 heterocycles. The minimum absolute atomic E-state index is 0.0251. The molecule has 2 aromatic carbocycles. The summed E-state index contributed by atoms with van der Waals surface area (Å²) in [5, 5.41) is 18.8. The molecule has 3 aromatic rings. The Morgan fingerprint density at radius 1 is 1.12 bits per heavy atom. The Labute approximate surface area is 256 Å². The van der Waals surface area contributed by atoms with Gasteiger partial charge in [-0.3, -0.25) is 9.48 Å². The van der Waals surface area contributed by atoms with Gasteiger partial charge in [0.15, 0.2) is 8.32 Å². The number of carbonyl (C=O) groups excluding carboxylic acids is 1. The molecule has 0 bridgehead atoms. The minimum atomic E-state index is -2.70. The normalized spacial score (nSPS) is 22.7. The fourth-order valence-electron chi connectivity index (χ4n) is 6.79. The van der Waals surface area contributed by atoms with Gasteiger partial charge in [-0.05, 0) is 56.1 Å². The molecule has 9 nitrogen and oxygen atoms in total. The van der Waals surface area contributed by atoms with Gasteiger partial charge in [-0.2, -0.15) is 0 Å². The predicted molar refractivity (Wildman–Crippen MR) is 169 cm³/mol. The number of hydrogen-bond donors (Lipinski definition) is 2. The van der Waals surface area contributed by atoms with E-state index in [0.717, 1.165) is 60.5 Å². The lowest BCUT2D eigenvalue weighted by Crippen LogP contribution is -2.48. The van der Waals surface area contributed by atoms with Crippen molar-refractivity contribution in [1.82, 2.24) is 15.0 Å². The Bertz CT molecular complexity index is 1360. The number of nitrogens with zero attached hydrogens (tertiary/aromatic N) is 4. The van der Waals surface area contributed by atoms with Gasteiger partial charge in [-0.15, -0.1) is 5.10 Å². The summed E-state index contributed by atoms with van der Waals surface area (Å²) in [5.41, 5.74) is 3.46. The van der Waals surface area contributed by atoms with Crippen molar-refractivity contribution in [3.63, 3.8) is 0 Å². The molecule has 43 heavy (non-hydrogen) atoms. The van der Waals surface area contributed by atoms with Crippen LogP contribution in [0.3, 0.4) is 0 Å². The van der Waals surface area contributed by atoms with Gasteiger partial charge in [-0.25, -0.2) is 0 Å². The number of benzene rings is 2. The van der Waals surface area contributed by atoms with E-state index >= 15 is 0 Å². The van der Waals surface area contributed by atoms with Crippen LogP contribution in [0.25, 0.3) is 0 Å². The maximum Gasteiger partial charge on any atom is 0.226 e. The van der Waals surface area contributed by atoms with Crippen LogP contribution in [0.1, 0.15) is 74.3 Å². The van der Waals surface area contributed by atoms with E-state index < -0.39 is 8.32 Å². The number of rotatable bonds is 10. The lowest BCUT2D eigenvalue weighted by atomic mass is 9.86. The van der Waals surface area contributed by atoms with Gasteiger partial charge in [0.25, 0.3) is 0 Å². The molecular weight excluding hydrogens is 560 g/mol. The van der Waals surface area contributed by atoms with Gasteiger partial charge in [-0.1, -0.05) is 55.3 Å². The summed E-state index contributed by atoms with van der Waals surface area (Å²) >= 11 is 0. The van der Waals surface area contributed by atoms with E-state index in [0.29, 0.717) is 19.4 Å². The van der Waals surface area contributed by atoms with Crippen LogP contribution < -0.4 is 9.64 Å². The van der Waals surface area contributed by atoms with E-state index in [1.165, 1.54) is 0 Å². The van der Waals surface area contributed by atoms with Crippen LogP contribution in [0.4, 0.5) is 5.69 Å². The average molecular weight is 607 g/mol. The number of amides is 1. The predicted octanol–water partition coefficient (Wildman–Crippen LogP) is 5.44. The molecule has 1 amide bonds. The summed E-state index contributed by atoms with van der Waals surface area (Å²) in [6.45, 7) is 7.30. The molecule has 1 aromatic heterocycles. The molecule has 2 N–H and O–H groups in total. The lowest BCUT2D eigenvalue weighted by molar-refractivity contribution is -0.118. The van der Waals surface area contributed by atoms with Crippen molar-refractivity contribution >= 4 is 19.9 Å². The van der Waals surface area contributed by atoms with Crippen LogP contribution in [0, 0.1) is 5.92 Å². The molecule has 2 aliphatic rings. The molecule has 0 aliphatic carbocycles. The summed E-state index contributed by atoms with van der Waals surface area (Å²) < 4.78 is 14.6. The summed E-state index contributed by atoms with van der Waals surface area (Å²) in [7, 11) is -0.979. The molecule has 10 heteroatoms. The Morgan fingerprint density at radius 3 is 2.60 bits per heavy atom. The van der Waals surface area contributed by atoms with Crippen LogP contribution in [-0.4, -0.2) is 65.5 Å². The van der Waals surface area contributed by atoms with Crippen molar-refractivity contribution in [1.29, 1.82) is 0 Å². The van der Waals surface area contributed by atoms with Crippen molar-refractivity contribution in [2.75, 3.05) is 25.2 Å². The zero-order chi connectivity index (χ0) is 30.6. The topological polar surface area (TPSA) is 110 Å². The van der Waals surface area contributed by atoms with Crippen molar-refractivity contribution in [3.05, 3.63) is 71.5 Å². The zero-order valence-corrected chi connectivity index (χ0v) is 26.9. The maximum atomic E-state index is 12.9. The molecule has 2 aliphatic heterocycles. The SMILES string of the molecule is CO[C@H]1c2cc(N3CCCCCCC3=O)ccc2O[C@@H](C(CCn2cc(C(CO)c3ccccc3)nn2)[Si](C)(C)O)[C@@H]1C. The Balaban J connectivity index is 1.35. The first kappa shape index (κ1) is 31.4. The highest BCUT2D eigenvalue weighted by Gasteiger charge is 2.46. The Hall–Kier alpha value is -3.05. The third-order valence-corrected chi connectivity index (χ3v) is 11.7. The van der Waals surface area contributed by atoms with Crippen LogP contribution in [0.2, 0.25) is 18.6 Å². The first-order chi connectivity index (χ1) is 20.7. The molecule has 0 spiro atoms. The van der Waals surface area contributed by atoms with Crippen LogP contribution in [0.5, 0.6) is 5.75 Å². The molecule has 5 atom stereocenters. The first-order valence-corrected chi connectivity index (χ1v) is 18.7. The number of aryl methyl sites for hydroxylation is 1. The van der Waals surface area contributed by atoms with Crippen molar-refractivity contribution in [2.45, 2.75) is 88.8 Å². The van der Waals surface area contributed by atoms with Crippen LogP contribution in [0.15, 0.2) is 54.7 Å². The summed E-state index contributed by atoms with van der Waals surface area (Å²) in [5.74, 6) is 0.657. The molecule has 5 rings (SSSR count). The highest BCUT2D eigenvalue weighted by molar-refractivity contribution is 6.71. The van der Waals surface area contributed by atoms with E-state index in [1.807, 2.05) is 66.7 Å². The molecule has 232 valence electrons. The third-order valence-electron chi connectivity index (χ3n) is 9.22. The largest absolute Gasteiger partial charge is 0.490 e. The van der Waals surface area contributed by atoms with E-state index in [4.69, 9.17) is 9.47 Å². The number of methoxy groups -OCH3 is 1. The number of carbonyl (C=O) groups is 1. The van der Waals surface area contributed by atoms with Crippen LogP contribution in [-0.2, 0) is 16.1 Å². The number of hydrogen-bond acceptors (Lipinski definition) is 7. The van der Waals surface area contributed by atoms with Gasteiger partial charge in [0, 0.05) is 55.5 Å². The number of aliphatic hydroxyl groups excluding tert-OH is 1. The highest BCUT2D eigenvalue weighted by Crippen LogP contribution is 2.47. The molecular formula is C33H46N4O5Si. The number of aromatic nitrogens is 3. The second-order valence-corrected chi connectivity index (χ2v) is 16.7.